The fourth-order valence-electron chi connectivity index (χ4n) is 8.00. The minimum Gasteiger partial charge on any atom is -0.368 e. The predicted molar refractivity (Wildman–Crippen MR) is 98.9 cm³/mol. The van der Waals surface area contributed by atoms with Crippen molar-refractivity contribution in [2.75, 3.05) is 26.2 Å². The third-order valence-corrected chi connectivity index (χ3v) is 8.68. The second kappa shape index (κ2) is 6.23. The van der Waals surface area contributed by atoms with Crippen molar-refractivity contribution in [2.24, 2.45) is 41.2 Å². The molecule has 25 heavy (non-hydrogen) atoms. The molecule has 4 nitrogen and oxygen atoms in total. The summed E-state index contributed by atoms with van der Waals surface area (Å²) < 4.78 is 0. The van der Waals surface area contributed by atoms with Crippen LogP contribution in [0.15, 0.2) is 0 Å². The first-order valence-electron chi connectivity index (χ1n) is 10.9. The van der Waals surface area contributed by atoms with Crippen LogP contribution in [0.25, 0.3) is 0 Å². The van der Waals surface area contributed by atoms with Gasteiger partial charge >= 0.3 is 0 Å². The van der Waals surface area contributed by atoms with Gasteiger partial charge in [0.05, 0.1) is 0 Å². The van der Waals surface area contributed by atoms with E-state index in [1.54, 1.807) is 0 Å². The van der Waals surface area contributed by atoms with Crippen molar-refractivity contribution >= 4 is 5.91 Å². The summed E-state index contributed by atoms with van der Waals surface area (Å²) in [5, 5.41) is 3.58. The van der Waals surface area contributed by atoms with E-state index in [1.165, 1.54) is 57.8 Å². The molecule has 1 amide bonds. The van der Waals surface area contributed by atoms with Crippen molar-refractivity contribution in [1.29, 1.82) is 0 Å². The van der Waals surface area contributed by atoms with Crippen molar-refractivity contribution in [1.82, 2.24) is 10.2 Å². The van der Waals surface area contributed by atoms with Crippen LogP contribution in [0.1, 0.15) is 57.8 Å². The highest BCUT2D eigenvalue weighted by molar-refractivity contribution is 5.86. The molecule has 6 aliphatic rings. The normalized spacial score (nSPS) is 47.4. The Kier molecular flexibility index (Phi) is 4.12. The lowest BCUT2D eigenvalue weighted by atomic mass is 9.47. The fourth-order valence-corrected chi connectivity index (χ4v) is 8.00. The molecule has 0 aromatic carbocycles. The summed E-state index contributed by atoms with van der Waals surface area (Å²) in [6, 6.07) is 0. The van der Waals surface area contributed by atoms with Crippen molar-refractivity contribution in [3.05, 3.63) is 0 Å². The van der Waals surface area contributed by atoms with Crippen LogP contribution in [0, 0.1) is 35.5 Å². The van der Waals surface area contributed by atoms with E-state index in [-0.39, 0.29) is 5.91 Å². The van der Waals surface area contributed by atoms with Crippen molar-refractivity contribution in [3.63, 3.8) is 0 Å². The molecule has 4 bridgehead atoms. The molecule has 0 aromatic rings. The summed E-state index contributed by atoms with van der Waals surface area (Å²) >= 11 is 0. The SMILES string of the molecule is NC(=O)C1(C2C3CC4CC(C3)CC2C4)CNCCN1CC1CCCC1. The number of carbonyl (C=O) groups is 1. The quantitative estimate of drug-likeness (QED) is 0.822. The molecule has 1 atom stereocenters. The van der Waals surface area contributed by atoms with E-state index in [4.69, 9.17) is 5.73 Å². The average molecular weight is 346 g/mol. The highest BCUT2D eigenvalue weighted by Gasteiger charge is 2.60. The molecule has 140 valence electrons. The van der Waals surface area contributed by atoms with Crippen LogP contribution in [0.2, 0.25) is 0 Å². The van der Waals surface area contributed by atoms with Crippen molar-refractivity contribution in [3.8, 4) is 0 Å². The molecule has 6 rings (SSSR count). The lowest BCUT2D eigenvalue weighted by Gasteiger charge is -2.62. The molecule has 1 heterocycles. The fraction of sp³-hybridized carbons (Fsp3) is 0.952. The molecule has 6 fully saturated rings. The number of nitrogens with zero attached hydrogens (tertiary/aromatic N) is 1. The Labute approximate surface area is 152 Å². The molecule has 1 unspecified atom stereocenters. The topological polar surface area (TPSA) is 58.4 Å². The number of rotatable bonds is 4. The predicted octanol–water partition coefficient (Wildman–Crippen LogP) is 2.38. The first-order valence-corrected chi connectivity index (χ1v) is 10.9. The third kappa shape index (κ3) is 2.58. The van der Waals surface area contributed by atoms with Gasteiger partial charge in [-0.15, -0.1) is 0 Å². The minimum absolute atomic E-state index is 0.0322. The van der Waals surface area contributed by atoms with Crippen molar-refractivity contribution in [2.45, 2.75) is 63.3 Å². The second-order valence-electron chi connectivity index (χ2n) is 10.0. The van der Waals surface area contributed by atoms with Crippen LogP contribution in [-0.2, 0) is 4.79 Å². The molecule has 5 aliphatic carbocycles. The number of hydrogen-bond acceptors (Lipinski definition) is 3. The van der Waals surface area contributed by atoms with E-state index in [0.29, 0.717) is 5.92 Å². The molecule has 1 aliphatic heterocycles. The van der Waals surface area contributed by atoms with Gasteiger partial charge in [0.15, 0.2) is 0 Å². The van der Waals surface area contributed by atoms with Gasteiger partial charge in [0.25, 0.3) is 0 Å². The maximum absolute atomic E-state index is 13.0. The molecule has 5 saturated carbocycles. The van der Waals surface area contributed by atoms with Gasteiger partial charge in [-0.25, -0.2) is 0 Å². The van der Waals surface area contributed by atoms with Crippen LogP contribution < -0.4 is 11.1 Å². The Morgan fingerprint density at radius 2 is 1.68 bits per heavy atom. The first kappa shape index (κ1) is 16.6. The van der Waals surface area contributed by atoms with Gasteiger partial charge in [0.1, 0.15) is 5.54 Å². The Balaban J connectivity index is 1.47. The van der Waals surface area contributed by atoms with Crippen LogP contribution in [-0.4, -0.2) is 42.5 Å². The van der Waals surface area contributed by atoms with Crippen LogP contribution in [0.5, 0.6) is 0 Å². The molecule has 0 aromatic heterocycles. The third-order valence-electron chi connectivity index (χ3n) is 8.68. The standard InChI is InChI=1S/C21H35N3O/c22-20(25)21(13-23-5-6-24(21)12-14-3-1-2-4-14)19-17-8-15-7-16(10-17)11-18(19)9-15/h14-19,23H,1-13H2,(H2,22,25). The molecule has 0 spiro atoms. The van der Waals surface area contributed by atoms with Gasteiger partial charge in [-0.3, -0.25) is 9.69 Å². The molecule has 1 saturated heterocycles. The van der Waals surface area contributed by atoms with Gasteiger partial charge in [0, 0.05) is 26.2 Å². The van der Waals surface area contributed by atoms with Gasteiger partial charge in [0.2, 0.25) is 5.91 Å². The lowest BCUT2D eigenvalue weighted by Crippen LogP contribution is -2.74. The summed E-state index contributed by atoms with van der Waals surface area (Å²) in [4.78, 5) is 15.6. The van der Waals surface area contributed by atoms with Gasteiger partial charge < -0.3 is 11.1 Å². The molecular weight excluding hydrogens is 310 g/mol. The smallest absolute Gasteiger partial charge is 0.239 e. The van der Waals surface area contributed by atoms with E-state index < -0.39 is 5.54 Å². The maximum Gasteiger partial charge on any atom is 0.239 e. The number of piperazine rings is 1. The van der Waals surface area contributed by atoms with Crippen LogP contribution in [0.3, 0.4) is 0 Å². The lowest BCUT2D eigenvalue weighted by molar-refractivity contribution is -0.157. The molecule has 0 radical (unpaired) electrons. The van der Waals surface area contributed by atoms with E-state index in [0.717, 1.165) is 55.8 Å². The first-order chi connectivity index (χ1) is 12.2. The Hall–Kier alpha value is -0.610. The zero-order chi connectivity index (χ0) is 17.0. The number of nitrogens with one attached hydrogen (secondary N) is 1. The number of carbonyl (C=O) groups excluding carboxylic acids is 1. The monoisotopic (exact) mass is 345 g/mol. The summed E-state index contributed by atoms with van der Waals surface area (Å²) in [5.41, 5.74) is 5.81. The Morgan fingerprint density at radius 1 is 1.04 bits per heavy atom. The number of primary amides is 1. The zero-order valence-corrected chi connectivity index (χ0v) is 15.6. The molecule has 3 N–H and O–H groups in total. The average Bonchev–Trinajstić information content (AvgIpc) is 3.08. The summed E-state index contributed by atoms with van der Waals surface area (Å²) in [6.45, 7) is 3.91. The summed E-state index contributed by atoms with van der Waals surface area (Å²) in [7, 11) is 0. The Morgan fingerprint density at radius 3 is 2.28 bits per heavy atom. The highest BCUT2D eigenvalue weighted by Crippen LogP contribution is 2.60. The zero-order valence-electron chi connectivity index (χ0n) is 15.6. The van der Waals surface area contributed by atoms with Crippen LogP contribution in [0.4, 0.5) is 0 Å². The molecular formula is C21H35N3O. The summed E-state index contributed by atoms with van der Waals surface area (Å²) in [5.74, 6) is 4.65. The highest BCUT2D eigenvalue weighted by atomic mass is 16.1. The Bertz CT molecular complexity index is 501. The number of nitrogens with two attached hydrogens (primary N) is 1. The number of amides is 1. The van der Waals surface area contributed by atoms with Crippen LogP contribution >= 0.6 is 0 Å². The van der Waals surface area contributed by atoms with Gasteiger partial charge in [-0.05, 0) is 80.5 Å². The van der Waals surface area contributed by atoms with E-state index in [9.17, 15) is 4.79 Å². The van der Waals surface area contributed by atoms with Crippen molar-refractivity contribution < 1.29 is 4.79 Å². The largest absolute Gasteiger partial charge is 0.368 e. The summed E-state index contributed by atoms with van der Waals surface area (Å²) in [6.07, 6.45) is 12.4. The van der Waals surface area contributed by atoms with E-state index in [2.05, 4.69) is 10.2 Å². The minimum atomic E-state index is -0.413. The maximum atomic E-state index is 13.0. The molecule has 4 heteroatoms. The number of hydrogen-bond donors (Lipinski definition) is 2. The second-order valence-corrected chi connectivity index (χ2v) is 10.0. The van der Waals surface area contributed by atoms with Gasteiger partial charge in [-0.2, -0.15) is 0 Å². The van der Waals surface area contributed by atoms with E-state index >= 15 is 0 Å². The van der Waals surface area contributed by atoms with E-state index in [1.807, 2.05) is 0 Å². The van der Waals surface area contributed by atoms with Gasteiger partial charge in [-0.1, -0.05) is 12.8 Å².